The number of aryl methyl sites for hydroxylation is 2. The standard InChI is InChI=1S/C19H23ClN2O3S/c1-13-5-10-18(14(2)11-13)15(3)21-19(23)12-22(4)26(24,25)17-8-6-16(20)7-9-17/h5-11,15H,12H2,1-4H3,(H,21,23)/t15-/m0/s1. The number of rotatable bonds is 6. The van der Waals surface area contributed by atoms with E-state index in [4.69, 9.17) is 11.6 Å². The lowest BCUT2D eigenvalue weighted by Crippen LogP contribution is -2.39. The van der Waals surface area contributed by atoms with Gasteiger partial charge in [-0.15, -0.1) is 0 Å². The summed E-state index contributed by atoms with van der Waals surface area (Å²) in [5.74, 6) is -0.363. The molecule has 26 heavy (non-hydrogen) atoms. The number of likely N-dealkylation sites (N-methyl/N-ethyl adjacent to an activating group) is 1. The van der Waals surface area contributed by atoms with E-state index in [2.05, 4.69) is 11.4 Å². The Morgan fingerprint density at radius 3 is 2.35 bits per heavy atom. The smallest absolute Gasteiger partial charge is 0.243 e. The first-order valence-corrected chi connectivity index (χ1v) is 10.0. The van der Waals surface area contributed by atoms with Gasteiger partial charge in [0.25, 0.3) is 0 Å². The van der Waals surface area contributed by atoms with Crippen LogP contribution in [0.25, 0.3) is 0 Å². The van der Waals surface area contributed by atoms with Crippen LogP contribution in [-0.2, 0) is 14.8 Å². The number of hydrogen-bond acceptors (Lipinski definition) is 3. The molecule has 0 heterocycles. The Balaban J connectivity index is 2.05. The molecule has 0 spiro atoms. The van der Waals surface area contributed by atoms with Gasteiger partial charge in [-0.25, -0.2) is 8.42 Å². The van der Waals surface area contributed by atoms with E-state index in [1.807, 2.05) is 32.9 Å². The van der Waals surface area contributed by atoms with Crippen molar-refractivity contribution in [3.8, 4) is 0 Å². The topological polar surface area (TPSA) is 66.5 Å². The van der Waals surface area contributed by atoms with Crippen molar-refractivity contribution in [2.75, 3.05) is 13.6 Å². The number of sulfonamides is 1. The fraction of sp³-hybridized carbons (Fsp3) is 0.316. The van der Waals surface area contributed by atoms with Crippen LogP contribution in [0.3, 0.4) is 0 Å². The zero-order valence-electron chi connectivity index (χ0n) is 15.3. The fourth-order valence-corrected chi connectivity index (χ4v) is 4.00. The SMILES string of the molecule is Cc1ccc([C@H](C)NC(=O)CN(C)S(=O)(=O)c2ccc(Cl)cc2)c(C)c1. The number of carbonyl (C=O) groups excluding carboxylic acids is 1. The summed E-state index contributed by atoms with van der Waals surface area (Å²) in [6.45, 7) is 5.61. The van der Waals surface area contributed by atoms with Crippen molar-refractivity contribution in [2.24, 2.45) is 0 Å². The molecule has 0 aliphatic carbocycles. The molecule has 0 aromatic heterocycles. The molecule has 0 unspecified atom stereocenters. The molecule has 1 atom stereocenters. The third-order valence-electron chi connectivity index (χ3n) is 4.16. The Hall–Kier alpha value is -1.89. The Labute approximate surface area is 160 Å². The number of benzene rings is 2. The van der Waals surface area contributed by atoms with Crippen LogP contribution >= 0.6 is 11.6 Å². The van der Waals surface area contributed by atoms with Gasteiger partial charge in [-0.05, 0) is 56.2 Å². The van der Waals surface area contributed by atoms with Crippen LogP contribution in [0.15, 0.2) is 47.4 Å². The van der Waals surface area contributed by atoms with Gasteiger partial charge in [0, 0.05) is 12.1 Å². The van der Waals surface area contributed by atoms with Crippen molar-refractivity contribution >= 4 is 27.5 Å². The van der Waals surface area contributed by atoms with Gasteiger partial charge in [0.1, 0.15) is 0 Å². The van der Waals surface area contributed by atoms with Crippen molar-refractivity contribution in [3.05, 3.63) is 64.2 Å². The molecule has 0 saturated heterocycles. The molecule has 0 radical (unpaired) electrons. The zero-order chi connectivity index (χ0) is 19.5. The van der Waals surface area contributed by atoms with Crippen molar-refractivity contribution in [2.45, 2.75) is 31.7 Å². The average molecular weight is 395 g/mol. The molecular formula is C19H23ClN2O3S. The number of nitrogens with one attached hydrogen (secondary N) is 1. The third-order valence-corrected chi connectivity index (χ3v) is 6.23. The molecule has 0 aliphatic rings. The molecule has 1 N–H and O–H groups in total. The van der Waals surface area contributed by atoms with Crippen LogP contribution < -0.4 is 5.32 Å². The van der Waals surface area contributed by atoms with Gasteiger partial charge in [-0.3, -0.25) is 4.79 Å². The Bertz CT molecular complexity index is 896. The van der Waals surface area contributed by atoms with Gasteiger partial charge >= 0.3 is 0 Å². The second-order valence-electron chi connectivity index (χ2n) is 6.36. The van der Waals surface area contributed by atoms with Gasteiger partial charge in [0.2, 0.25) is 15.9 Å². The lowest BCUT2D eigenvalue weighted by Gasteiger charge is -2.20. The Morgan fingerprint density at radius 1 is 1.15 bits per heavy atom. The number of carbonyl (C=O) groups is 1. The molecule has 140 valence electrons. The molecular weight excluding hydrogens is 372 g/mol. The van der Waals surface area contributed by atoms with Gasteiger partial charge < -0.3 is 5.32 Å². The summed E-state index contributed by atoms with van der Waals surface area (Å²) in [4.78, 5) is 12.4. The van der Waals surface area contributed by atoms with E-state index in [-0.39, 0.29) is 23.4 Å². The normalized spacial score (nSPS) is 12.8. The van der Waals surface area contributed by atoms with Crippen molar-refractivity contribution in [1.82, 2.24) is 9.62 Å². The summed E-state index contributed by atoms with van der Waals surface area (Å²) >= 11 is 5.79. The van der Waals surface area contributed by atoms with Crippen LogP contribution in [0, 0.1) is 13.8 Å². The highest BCUT2D eigenvalue weighted by Crippen LogP contribution is 2.19. The number of hydrogen-bond donors (Lipinski definition) is 1. The maximum atomic E-state index is 12.5. The molecule has 0 saturated carbocycles. The van der Waals surface area contributed by atoms with E-state index in [9.17, 15) is 13.2 Å². The number of nitrogens with zero attached hydrogens (tertiary/aromatic N) is 1. The van der Waals surface area contributed by atoms with Crippen molar-refractivity contribution < 1.29 is 13.2 Å². The summed E-state index contributed by atoms with van der Waals surface area (Å²) < 4.78 is 26.1. The predicted molar refractivity (Wildman–Crippen MR) is 104 cm³/mol. The number of amides is 1. The third kappa shape index (κ3) is 4.84. The number of halogens is 1. The minimum atomic E-state index is -3.75. The molecule has 0 bridgehead atoms. The molecule has 0 aliphatic heterocycles. The van der Waals surface area contributed by atoms with E-state index in [1.165, 1.54) is 31.3 Å². The molecule has 5 nitrogen and oxygen atoms in total. The molecule has 2 aromatic rings. The van der Waals surface area contributed by atoms with Gasteiger partial charge in [0.05, 0.1) is 17.5 Å². The first-order chi connectivity index (χ1) is 12.1. The van der Waals surface area contributed by atoms with Gasteiger partial charge in [-0.1, -0.05) is 35.4 Å². The largest absolute Gasteiger partial charge is 0.348 e. The molecule has 2 rings (SSSR count). The highest BCUT2D eigenvalue weighted by Gasteiger charge is 2.23. The summed E-state index contributed by atoms with van der Waals surface area (Å²) in [7, 11) is -2.37. The van der Waals surface area contributed by atoms with Crippen LogP contribution in [0.4, 0.5) is 0 Å². The first-order valence-electron chi connectivity index (χ1n) is 8.19. The highest BCUT2D eigenvalue weighted by atomic mass is 35.5. The quantitative estimate of drug-likeness (QED) is 0.815. The maximum Gasteiger partial charge on any atom is 0.243 e. The lowest BCUT2D eigenvalue weighted by molar-refractivity contribution is -0.121. The van der Waals surface area contributed by atoms with Crippen LogP contribution in [-0.4, -0.2) is 32.2 Å². The van der Waals surface area contributed by atoms with Crippen molar-refractivity contribution in [3.63, 3.8) is 0 Å². The predicted octanol–water partition coefficient (Wildman–Crippen LogP) is 3.45. The van der Waals surface area contributed by atoms with Crippen LogP contribution in [0.5, 0.6) is 0 Å². The minimum Gasteiger partial charge on any atom is -0.348 e. The molecule has 1 amide bonds. The molecule has 0 fully saturated rings. The summed E-state index contributed by atoms with van der Waals surface area (Å²) in [5, 5.41) is 3.30. The van der Waals surface area contributed by atoms with E-state index < -0.39 is 10.0 Å². The Morgan fingerprint density at radius 2 is 1.77 bits per heavy atom. The second kappa shape index (κ2) is 8.20. The van der Waals surface area contributed by atoms with Crippen LogP contribution in [0.1, 0.15) is 29.7 Å². The average Bonchev–Trinajstić information content (AvgIpc) is 2.54. The molecule has 7 heteroatoms. The molecule has 2 aromatic carbocycles. The van der Waals surface area contributed by atoms with Gasteiger partial charge in [-0.2, -0.15) is 4.31 Å². The van der Waals surface area contributed by atoms with Crippen LogP contribution in [0.2, 0.25) is 5.02 Å². The van der Waals surface area contributed by atoms with Crippen molar-refractivity contribution in [1.29, 1.82) is 0 Å². The summed E-state index contributed by atoms with van der Waals surface area (Å²) in [6.07, 6.45) is 0. The summed E-state index contributed by atoms with van der Waals surface area (Å²) in [5.41, 5.74) is 3.24. The monoisotopic (exact) mass is 394 g/mol. The minimum absolute atomic E-state index is 0.0969. The van der Waals surface area contributed by atoms with E-state index in [0.29, 0.717) is 5.02 Å². The fourth-order valence-electron chi connectivity index (χ4n) is 2.75. The Kier molecular flexibility index (Phi) is 6.44. The van der Waals surface area contributed by atoms with E-state index in [0.717, 1.165) is 21.0 Å². The van der Waals surface area contributed by atoms with E-state index in [1.54, 1.807) is 0 Å². The lowest BCUT2D eigenvalue weighted by atomic mass is 10.0. The first kappa shape index (κ1) is 20.4. The second-order valence-corrected chi connectivity index (χ2v) is 8.85. The highest BCUT2D eigenvalue weighted by molar-refractivity contribution is 7.89. The van der Waals surface area contributed by atoms with E-state index >= 15 is 0 Å². The van der Waals surface area contributed by atoms with Gasteiger partial charge in [0.15, 0.2) is 0 Å². The summed E-state index contributed by atoms with van der Waals surface area (Å²) in [6, 6.07) is 11.7. The maximum absolute atomic E-state index is 12.5. The zero-order valence-corrected chi connectivity index (χ0v) is 16.9.